The second-order valence-corrected chi connectivity index (χ2v) is 8.89. The number of benzene rings is 2. The van der Waals surface area contributed by atoms with Crippen LogP contribution >= 0.6 is 27.5 Å². The second kappa shape index (κ2) is 7.26. The van der Waals surface area contributed by atoms with Crippen LogP contribution in [0.1, 0.15) is 13.3 Å². The van der Waals surface area contributed by atoms with Gasteiger partial charge in [-0.1, -0.05) is 18.5 Å². The molecule has 140 valence electrons. The zero-order valence-corrected chi connectivity index (χ0v) is 17.3. The zero-order chi connectivity index (χ0) is 19.1. The third kappa shape index (κ3) is 3.64. The van der Waals surface area contributed by atoms with Crippen LogP contribution in [0.4, 0.5) is 11.4 Å². The van der Waals surface area contributed by atoms with Crippen molar-refractivity contribution in [1.82, 2.24) is 0 Å². The average molecular weight is 462 g/mol. The molecule has 0 aromatic heterocycles. The molecule has 0 amide bonds. The standard InChI is InChI=1S/C17H18BrClN2O4S/c1-3-14-17(22)21(2)13-8-12(18)16(9-15(13)25-14)26(23,24)20-11-6-4-10(19)5-7-11/h4-9,14,17,20,22H,3H2,1-2H3. The van der Waals surface area contributed by atoms with E-state index in [1.165, 1.54) is 6.07 Å². The van der Waals surface area contributed by atoms with E-state index in [0.29, 0.717) is 33.0 Å². The highest BCUT2D eigenvalue weighted by Gasteiger charge is 2.33. The monoisotopic (exact) mass is 460 g/mol. The van der Waals surface area contributed by atoms with Crippen molar-refractivity contribution in [2.75, 3.05) is 16.7 Å². The Balaban J connectivity index is 1.99. The van der Waals surface area contributed by atoms with E-state index in [4.69, 9.17) is 16.3 Å². The highest BCUT2D eigenvalue weighted by Crippen LogP contribution is 2.41. The first-order valence-electron chi connectivity index (χ1n) is 7.92. The Morgan fingerprint density at radius 1 is 1.31 bits per heavy atom. The van der Waals surface area contributed by atoms with E-state index in [0.717, 1.165) is 0 Å². The fourth-order valence-electron chi connectivity index (χ4n) is 2.74. The molecule has 0 spiro atoms. The van der Waals surface area contributed by atoms with E-state index in [1.54, 1.807) is 42.3 Å². The van der Waals surface area contributed by atoms with Gasteiger partial charge in [-0.05, 0) is 52.7 Å². The maximum absolute atomic E-state index is 12.8. The van der Waals surface area contributed by atoms with E-state index in [-0.39, 0.29) is 4.90 Å². The van der Waals surface area contributed by atoms with Crippen LogP contribution in [0.15, 0.2) is 45.8 Å². The van der Waals surface area contributed by atoms with E-state index in [9.17, 15) is 13.5 Å². The number of nitrogens with one attached hydrogen (secondary N) is 1. The van der Waals surface area contributed by atoms with Gasteiger partial charge in [-0.15, -0.1) is 0 Å². The second-order valence-electron chi connectivity index (χ2n) is 5.95. The number of aliphatic hydroxyl groups excluding tert-OH is 1. The largest absolute Gasteiger partial charge is 0.484 e. The molecule has 1 aliphatic heterocycles. The minimum absolute atomic E-state index is 0.0471. The van der Waals surface area contributed by atoms with Crippen molar-refractivity contribution in [2.24, 2.45) is 0 Å². The molecule has 1 heterocycles. The van der Waals surface area contributed by atoms with Crippen molar-refractivity contribution in [1.29, 1.82) is 0 Å². The molecule has 0 saturated carbocycles. The quantitative estimate of drug-likeness (QED) is 0.723. The SMILES string of the molecule is CCC1Oc2cc(S(=O)(=O)Nc3ccc(Cl)cc3)c(Br)cc2N(C)C1O. The molecular formula is C17H18BrClN2O4S. The highest BCUT2D eigenvalue weighted by atomic mass is 79.9. The lowest BCUT2D eigenvalue weighted by Crippen LogP contribution is -2.47. The van der Waals surface area contributed by atoms with Crippen LogP contribution in [-0.4, -0.2) is 32.9 Å². The summed E-state index contributed by atoms with van der Waals surface area (Å²) in [6.45, 7) is 1.89. The van der Waals surface area contributed by atoms with Crippen LogP contribution in [0.2, 0.25) is 5.02 Å². The maximum Gasteiger partial charge on any atom is 0.263 e. The summed E-state index contributed by atoms with van der Waals surface area (Å²) in [5.74, 6) is 0.407. The average Bonchev–Trinajstić information content (AvgIpc) is 2.60. The number of hydrogen-bond acceptors (Lipinski definition) is 5. The van der Waals surface area contributed by atoms with Crippen LogP contribution < -0.4 is 14.4 Å². The zero-order valence-electron chi connectivity index (χ0n) is 14.1. The molecule has 2 N–H and O–H groups in total. The Hall–Kier alpha value is -1.48. The number of likely N-dealkylation sites (N-methyl/N-ethyl adjacent to an activating group) is 1. The van der Waals surface area contributed by atoms with Crippen molar-refractivity contribution in [2.45, 2.75) is 30.6 Å². The first-order chi connectivity index (χ1) is 12.2. The molecule has 1 aliphatic rings. The lowest BCUT2D eigenvalue weighted by atomic mass is 10.1. The summed E-state index contributed by atoms with van der Waals surface area (Å²) in [6, 6.07) is 9.46. The van der Waals surface area contributed by atoms with Crippen LogP contribution in [-0.2, 0) is 10.0 Å². The van der Waals surface area contributed by atoms with Gasteiger partial charge in [0.05, 0.1) is 5.69 Å². The number of aliphatic hydroxyl groups is 1. The van der Waals surface area contributed by atoms with Crippen LogP contribution in [0, 0.1) is 0 Å². The van der Waals surface area contributed by atoms with E-state index in [1.807, 2.05) is 6.92 Å². The van der Waals surface area contributed by atoms with Crippen molar-refractivity contribution in [3.8, 4) is 5.75 Å². The Morgan fingerprint density at radius 3 is 2.58 bits per heavy atom. The van der Waals surface area contributed by atoms with E-state index < -0.39 is 22.4 Å². The third-order valence-corrected chi connectivity index (χ3v) is 6.78. The molecule has 0 bridgehead atoms. The lowest BCUT2D eigenvalue weighted by molar-refractivity contribution is 0.0234. The fraction of sp³-hybridized carbons (Fsp3) is 0.294. The van der Waals surface area contributed by atoms with Gasteiger partial charge in [-0.2, -0.15) is 0 Å². The molecule has 26 heavy (non-hydrogen) atoms. The summed E-state index contributed by atoms with van der Waals surface area (Å²) < 4.78 is 34.3. The maximum atomic E-state index is 12.8. The van der Waals surface area contributed by atoms with Gasteiger partial charge in [0.2, 0.25) is 0 Å². The third-order valence-electron chi connectivity index (χ3n) is 4.19. The van der Waals surface area contributed by atoms with E-state index >= 15 is 0 Å². The molecule has 0 aliphatic carbocycles. The number of rotatable bonds is 4. The van der Waals surface area contributed by atoms with E-state index in [2.05, 4.69) is 20.7 Å². The Kier molecular flexibility index (Phi) is 5.39. The van der Waals surface area contributed by atoms with Gasteiger partial charge in [0, 0.05) is 28.3 Å². The van der Waals surface area contributed by atoms with Crippen LogP contribution in [0.3, 0.4) is 0 Å². The summed E-state index contributed by atoms with van der Waals surface area (Å²) in [4.78, 5) is 1.71. The normalized spacial score (nSPS) is 19.7. The number of fused-ring (bicyclic) bond motifs is 1. The fourth-order valence-corrected chi connectivity index (χ4v) is 4.97. The van der Waals surface area contributed by atoms with Gasteiger partial charge in [-0.25, -0.2) is 8.42 Å². The molecule has 2 aromatic rings. The summed E-state index contributed by atoms with van der Waals surface area (Å²) in [7, 11) is -2.11. The molecule has 2 aromatic carbocycles. The number of halogens is 2. The van der Waals surface area contributed by atoms with Gasteiger partial charge in [0.25, 0.3) is 10.0 Å². The molecule has 0 fully saturated rings. The molecule has 3 rings (SSSR count). The molecule has 9 heteroatoms. The first-order valence-corrected chi connectivity index (χ1v) is 10.6. The van der Waals surface area contributed by atoms with Gasteiger partial charge in [-0.3, -0.25) is 4.72 Å². The Morgan fingerprint density at radius 2 is 1.96 bits per heavy atom. The molecule has 2 unspecified atom stereocenters. The molecule has 0 radical (unpaired) electrons. The molecule has 2 atom stereocenters. The van der Waals surface area contributed by atoms with Gasteiger partial charge in [0.1, 0.15) is 16.7 Å². The number of ether oxygens (including phenoxy) is 1. The minimum atomic E-state index is -3.85. The smallest absolute Gasteiger partial charge is 0.263 e. The Bertz CT molecular complexity index is 921. The number of anilines is 2. The summed E-state index contributed by atoms with van der Waals surface area (Å²) in [5.41, 5.74) is 1.01. The van der Waals surface area contributed by atoms with Gasteiger partial charge in [0.15, 0.2) is 6.23 Å². The summed E-state index contributed by atoms with van der Waals surface area (Å²) in [5, 5.41) is 10.8. The van der Waals surface area contributed by atoms with Crippen molar-refractivity contribution < 1.29 is 18.3 Å². The Labute approximate surface area is 165 Å². The minimum Gasteiger partial charge on any atom is -0.484 e. The first kappa shape index (κ1) is 19.3. The van der Waals surface area contributed by atoms with Gasteiger partial charge < -0.3 is 14.7 Å². The van der Waals surface area contributed by atoms with Gasteiger partial charge >= 0.3 is 0 Å². The molecule has 6 nitrogen and oxygen atoms in total. The number of sulfonamides is 1. The van der Waals surface area contributed by atoms with Crippen molar-refractivity contribution >= 4 is 48.9 Å². The summed E-state index contributed by atoms with van der Waals surface area (Å²) in [6.07, 6.45) is -0.644. The van der Waals surface area contributed by atoms with Crippen molar-refractivity contribution in [3.05, 3.63) is 45.9 Å². The van der Waals surface area contributed by atoms with Crippen LogP contribution in [0.25, 0.3) is 0 Å². The lowest BCUT2D eigenvalue weighted by Gasteiger charge is -2.38. The summed E-state index contributed by atoms with van der Waals surface area (Å²) >= 11 is 9.14. The van der Waals surface area contributed by atoms with Crippen molar-refractivity contribution in [3.63, 3.8) is 0 Å². The number of hydrogen-bond donors (Lipinski definition) is 2. The topological polar surface area (TPSA) is 78.9 Å². The predicted octanol–water partition coefficient (Wildman–Crippen LogP) is 3.83. The molecule has 0 saturated heterocycles. The predicted molar refractivity (Wildman–Crippen MR) is 106 cm³/mol. The molecular weight excluding hydrogens is 444 g/mol. The van der Waals surface area contributed by atoms with Crippen LogP contribution in [0.5, 0.6) is 5.75 Å². The number of nitrogens with zero attached hydrogens (tertiary/aromatic N) is 1. The highest BCUT2D eigenvalue weighted by molar-refractivity contribution is 9.10.